The normalized spacial score (nSPS) is 11.3. The molecule has 1 amide bonds. The number of hydrogen-bond donors (Lipinski definition) is 1. The van der Waals surface area contributed by atoms with E-state index in [4.69, 9.17) is 10.00 Å². The fourth-order valence-corrected chi connectivity index (χ4v) is 2.44. The third kappa shape index (κ3) is 4.17. The first kappa shape index (κ1) is 15.7. The number of esters is 1. The van der Waals surface area contributed by atoms with Crippen molar-refractivity contribution in [3.8, 4) is 6.07 Å². The van der Waals surface area contributed by atoms with Crippen LogP contribution in [-0.4, -0.2) is 18.0 Å². The Morgan fingerprint density at radius 2 is 2.14 bits per heavy atom. The Labute approximate surface area is 132 Å². The number of amides is 1. The molecule has 6 heteroatoms. The number of benzene rings is 1. The molecule has 0 fully saturated rings. The van der Waals surface area contributed by atoms with Gasteiger partial charge >= 0.3 is 5.97 Å². The number of ether oxygens (including phenoxy) is 1. The van der Waals surface area contributed by atoms with Crippen LogP contribution in [0.15, 0.2) is 41.1 Å². The first-order valence-electron chi connectivity index (χ1n) is 6.60. The quantitative estimate of drug-likeness (QED) is 0.861. The van der Waals surface area contributed by atoms with Crippen LogP contribution in [0.1, 0.15) is 18.1 Å². The lowest BCUT2D eigenvalue weighted by molar-refractivity contribution is -0.152. The van der Waals surface area contributed by atoms with Crippen LogP contribution in [0.5, 0.6) is 0 Å². The molecule has 0 saturated carbocycles. The summed E-state index contributed by atoms with van der Waals surface area (Å²) in [5.74, 6) is -0.934. The van der Waals surface area contributed by atoms with Gasteiger partial charge in [-0.3, -0.25) is 9.59 Å². The molecule has 1 aromatic heterocycles. The third-order valence-corrected chi connectivity index (χ3v) is 3.64. The van der Waals surface area contributed by atoms with Crippen LogP contribution in [0.3, 0.4) is 0 Å². The van der Waals surface area contributed by atoms with E-state index in [1.165, 1.54) is 18.3 Å². The van der Waals surface area contributed by atoms with E-state index in [0.717, 1.165) is 5.56 Å². The molecule has 5 nitrogen and oxygen atoms in total. The molecule has 1 heterocycles. The van der Waals surface area contributed by atoms with Gasteiger partial charge in [-0.05, 0) is 41.4 Å². The first-order valence-corrected chi connectivity index (χ1v) is 7.55. The summed E-state index contributed by atoms with van der Waals surface area (Å²) in [6.07, 6.45) is -0.798. The number of nitrogens with one attached hydrogen (secondary N) is 1. The van der Waals surface area contributed by atoms with Gasteiger partial charge in [-0.15, -0.1) is 0 Å². The van der Waals surface area contributed by atoms with Crippen molar-refractivity contribution in [2.75, 3.05) is 5.32 Å². The van der Waals surface area contributed by atoms with Gasteiger partial charge in [-0.2, -0.15) is 16.6 Å². The molecule has 0 aliphatic rings. The monoisotopic (exact) mass is 314 g/mol. The molecule has 112 valence electrons. The smallest absolute Gasteiger partial charge is 0.311 e. The molecule has 0 bridgehead atoms. The van der Waals surface area contributed by atoms with Gasteiger partial charge in [-0.1, -0.05) is 12.1 Å². The number of carbonyl (C=O) groups excluding carboxylic acids is 2. The number of nitrogens with zero attached hydrogens (tertiary/aromatic N) is 1. The zero-order valence-electron chi connectivity index (χ0n) is 11.9. The molecule has 0 saturated heterocycles. The summed E-state index contributed by atoms with van der Waals surface area (Å²) in [5.41, 5.74) is 1.61. The lowest BCUT2D eigenvalue weighted by atomic mass is 10.2. The molecule has 1 atom stereocenters. The van der Waals surface area contributed by atoms with E-state index >= 15 is 0 Å². The predicted octanol–water partition coefficient (Wildman–Crippen LogP) is 2.73. The highest BCUT2D eigenvalue weighted by Crippen LogP contribution is 2.14. The van der Waals surface area contributed by atoms with Gasteiger partial charge in [0.05, 0.1) is 17.7 Å². The minimum Gasteiger partial charge on any atom is -0.452 e. The van der Waals surface area contributed by atoms with Gasteiger partial charge in [0.25, 0.3) is 5.91 Å². The maximum Gasteiger partial charge on any atom is 0.311 e. The summed E-state index contributed by atoms with van der Waals surface area (Å²) in [4.78, 5) is 23.8. The van der Waals surface area contributed by atoms with Crippen molar-refractivity contribution in [1.82, 2.24) is 0 Å². The van der Waals surface area contributed by atoms with Gasteiger partial charge in [0.2, 0.25) is 0 Å². The summed E-state index contributed by atoms with van der Waals surface area (Å²) in [5, 5.41) is 15.3. The fourth-order valence-electron chi connectivity index (χ4n) is 1.78. The maximum absolute atomic E-state index is 12.0. The second-order valence-corrected chi connectivity index (χ2v) is 5.37. The van der Waals surface area contributed by atoms with Gasteiger partial charge in [-0.25, -0.2) is 0 Å². The molecular weight excluding hydrogens is 300 g/mol. The Bertz CT molecular complexity index is 704. The van der Waals surface area contributed by atoms with E-state index in [0.29, 0.717) is 11.3 Å². The fraction of sp³-hybridized carbons (Fsp3) is 0.188. The molecule has 1 N–H and O–H groups in total. The number of nitriles is 1. The summed E-state index contributed by atoms with van der Waals surface area (Å²) in [7, 11) is 0. The molecule has 0 radical (unpaired) electrons. The van der Waals surface area contributed by atoms with Gasteiger partial charge in [0.15, 0.2) is 6.10 Å². The van der Waals surface area contributed by atoms with Crippen molar-refractivity contribution >= 4 is 28.9 Å². The summed E-state index contributed by atoms with van der Waals surface area (Å²) < 4.78 is 5.10. The minimum atomic E-state index is -0.933. The van der Waals surface area contributed by atoms with Crippen molar-refractivity contribution in [2.24, 2.45) is 0 Å². The average molecular weight is 314 g/mol. The first-order chi connectivity index (χ1) is 10.6. The van der Waals surface area contributed by atoms with Gasteiger partial charge in [0.1, 0.15) is 6.07 Å². The highest BCUT2D eigenvalue weighted by molar-refractivity contribution is 7.07. The van der Waals surface area contributed by atoms with E-state index in [2.05, 4.69) is 5.32 Å². The number of para-hydroxylation sites is 1. The molecule has 0 spiro atoms. The lowest BCUT2D eigenvalue weighted by Gasteiger charge is -2.14. The van der Waals surface area contributed by atoms with Gasteiger partial charge in [0, 0.05) is 0 Å². The Morgan fingerprint density at radius 3 is 2.82 bits per heavy atom. The third-order valence-electron chi connectivity index (χ3n) is 2.91. The van der Waals surface area contributed by atoms with Crippen molar-refractivity contribution in [1.29, 1.82) is 5.26 Å². The van der Waals surface area contributed by atoms with Crippen LogP contribution >= 0.6 is 11.3 Å². The lowest BCUT2D eigenvalue weighted by Crippen LogP contribution is -2.30. The molecule has 2 rings (SSSR count). The summed E-state index contributed by atoms with van der Waals surface area (Å²) >= 11 is 1.49. The van der Waals surface area contributed by atoms with Gasteiger partial charge < -0.3 is 10.1 Å². The summed E-state index contributed by atoms with van der Waals surface area (Å²) in [6, 6.07) is 10.5. The van der Waals surface area contributed by atoms with E-state index in [-0.39, 0.29) is 6.42 Å². The second-order valence-electron chi connectivity index (χ2n) is 4.59. The molecular formula is C16H14N2O3S. The standard InChI is InChI=1S/C16H14N2O3S/c1-11(21-15(19)8-12-6-7-22-10-12)16(20)18-14-5-3-2-4-13(14)9-17/h2-7,10-11H,8H2,1H3,(H,18,20)/t11-/m0/s1. The predicted molar refractivity (Wildman–Crippen MR) is 83.4 cm³/mol. The van der Waals surface area contributed by atoms with E-state index in [1.807, 2.05) is 22.9 Å². The maximum atomic E-state index is 12.0. The molecule has 0 aliphatic carbocycles. The van der Waals surface area contributed by atoms with Crippen LogP contribution in [-0.2, 0) is 20.7 Å². The van der Waals surface area contributed by atoms with Crippen LogP contribution < -0.4 is 5.32 Å². The van der Waals surface area contributed by atoms with Crippen molar-refractivity contribution in [2.45, 2.75) is 19.4 Å². The highest BCUT2D eigenvalue weighted by atomic mass is 32.1. The molecule has 2 aromatic rings. The molecule has 0 aliphatic heterocycles. The zero-order valence-corrected chi connectivity index (χ0v) is 12.7. The molecule has 22 heavy (non-hydrogen) atoms. The Kier molecular flexibility index (Phi) is 5.28. The van der Waals surface area contributed by atoms with E-state index in [9.17, 15) is 9.59 Å². The SMILES string of the molecule is C[C@H](OC(=O)Cc1ccsc1)C(=O)Nc1ccccc1C#N. The van der Waals surface area contributed by atoms with E-state index in [1.54, 1.807) is 24.3 Å². The zero-order chi connectivity index (χ0) is 15.9. The Balaban J connectivity index is 1.92. The Hall–Kier alpha value is -2.65. The largest absolute Gasteiger partial charge is 0.452 e. The molecule has 1 aromatic carbocycles. The van der Waals surface area contributed by atoms with Crippen LogP contribution in [0, 0.1) is 11.3 Å². The van der Waals surface area contributed by atoms with Crippen LogP contribution in [0.4, 0.5) is 5.69 Å². The number of anilines is 1. The second kappa shape index (κ2) is 7.38. The average Bonchev–Trinajstić information content (AvgIpc) is 3.00. The number of hydrogen-bond acceptors (Lipinski definition) is 5. The number of rotatable bonds is 5. The van der Waals surface area contributed by atoms with E-state index < -0.39 is 18.0 Å². The highest BCUT2D eigenvalue weighted by Gasteiger charge is 2.19. The van der Waals surface area contributed by atoms with Crippen molar-refractivity contribution in [3.05, 3.63) is 52.2 Å². The minimum absolute atomic E-state index is 0.135. The molecule has 0 unspecified atom stereocenters. The van der Waals surface area contributed by atoms with Crippen molar-refractivity contribution in [3.63, 3.8) is 0 Å². The van der Waals surface area contributed by atoms with Crippen LogP contribution in [0.2, 0.25) is 0 Å². The summed E-state index contributed by atoms with van der Waals surface area (Å²) in [6.45, 7) is 1.50. The Morgan fingerprint density at radius 1 is 1.36 bits per heavy atom. The number of thiophene rings is 1. The van der Waals surface area contributed by atoms with Crippen molar-refractivity contribution < 1.29 is 14.3 Å². The number of carbonyl (C=O) groups is 2. The topological polar surface area (TPSA) is 79.2 Å². The van der Waals surface area contributed by atoms with Crippen LogP contribution in [0.25, 0.3) is 0 Å².